The van der Waals surface area contributed by atoms with Gasteiger partial charge >= 0.3 is 5.69 Å². The van der Waals surface area contributed by atoms with E-state index in [0.717, 1.165) is 15.2 Å². The predicted molar refractivity (Wildman–Crippen MR) is 78.2 cm³/mol. The molecule has 1 N–H and O–H groups in total. The Morgan fingerprint density at radius 2 is 1.81 bits per heavy atom. The number of carbonyl (C=O) groups is 1. The van der Waals surface area contributed by atoms with Gasteiger partial charge in [-0.05, 0) is 13.8 Å². The van der Waals surface area contributed by atoms with E-state index in [4.69, 9.17) is 0 Å². The number of carbonyl (C=O) groups excluding carboxylic acids is 1. The molecule has 9 heteroatoms. The van der Waals surface area contributed by atoms with Gasteiger partial charge in [-0.25, -0.2) is 13.2 Å². The number of aromatic nitrogens is 2. The van der Waals surface area contributed by atoms with E-state index in [-0.39, 0.29) is 18.0 Å². The summed E-state index contributed by atoms with van der Waals surface area (Å²) in [6.45, 7) is 3.03. The first kappa shape index (κ1) is 17.2. The van der Waals surface area contributed by atoms with Crippen LogP contribution in [0, 0.1) is 0 Å². The van der Waals surface area contributed by atoms with E-state index in [1.165, 1.54) is 14.1 Å². The summed E-state index contributed by atoms with van der Waals surface area (Å²) >= 11 is 0. The third-order valence-electron chi connectivity index (χ3n) is 3.15. The van der Waals surface area contributed by atoms with Gasteiger partial charge in [0.25, 0.3) is 11.5 Å². The molecule has 1 heterocycles. The number of nitrogens with zero attached hydrogens (tertiary/aromatic N) is 2. The molecule has 1 aromatic heterocycles. The lowest BCUT2D eigenvalue weighted by molar-refractivity contribution is 0.0946. The van der Waals surface area contributed by atoms with Gasteiger partial charge in [0.05, 0.1) is 11.0 Å². The third-order valence-corrected chi connectivity index (χ3v) is 5.36. The third kappa shape index (κ3) is 3.81. The second-order valence-corrected chi connectivity index (χ2v) is 7.62. The summed E-state index contributed by atoms with van der Waals surface area (Å²) in [5, 5.41) is 1.87. The number of rotatable bonds is 5. The minimum absolute atomic E-state index is 0.0806. The molecule has 0 aliphatic carbocycles. The van der Waals surface area contributed by atoms with Gasteiger partial charge in [0.15, 0.2) is 9.84 Å². The maximum Gasteiger partial charge on any atom is 0.331 e. The van der Waals surface area contributed by atoms with Crippen LogP contribution in [0.1, 0.15) is 24.3 Å². The fraction of sp³-hybridized carbons (Fsp3) is 0.583. The van der Waals surface area contributed by atoms with E-state index >= 15 is 0 Å². The smallest absolute Gasteiger partial charge is 0.331 e. The number of hydrogen-bond donors (Lipinski definition) is 1. The topological polar surface area (TPSA) is 107 Å². The van der Waals surface area contributed by atoms with Crippen LogP contribution in [-0.2, 0) is 23.9 Å². The highest BCUT2D eigenvalue weighted by molar-refractivity contribution is 7.92. The molecule has 0 bridgehead atoms. The van der Waals surface area contributed by atoms with Gasteiger partial charge in [-0.3, -0.25) is 18.7 Å². The van der Waals surface area contributed by atoms with Gasteiger partial charge in [-0.15, -0.1) is 0 Å². The Kier molecular flexibility index (Phi) is 5.10. The summed E-state index contributed by atoms with van der Waals surface area (Å²) in [5.74, 6) is -0.860. The van der Waals surface area contributed by atoms with Crippen LogP contribution >= 0.6 is 0 Å². The standard InChI is InChI=1S/C12H19N3O5S/c1-8(2)21(19,20)6-5-13-11(17)9-7-10(16)15(4)12(18)14(9)3/h7-8H,5-6H2,1-4H3,(H,13,17). The number of amides is 1. The van der Waals surface area contributed by atoms with Crippen molar-refractivity contribution in [1.82, 2.24) is 14.5 Å². The molecule has 0 saturated carbocycles. The summed E-state index contributed by atoms with van der Waals surface area (Å²) in [5.41, 5.74) is -1.33. The van der Waals surface area contributed by atoms with Crippen molar-refractivity contribution in [2.45, 2.75) is 19.1 Å². The molecule has 0 aromatic carbocycles. The van der Waals surface area contributed by atoms with E-state index in [0.29, 0.717) is 0 Å². The number of hydrogen-bond acceptors (Lipinski definition) is 5. The zero-order valence-electron chi connectivity index (χ0n) is 12.4. The molecule has 0 radical (unpaired) electrons. The van der Waals surface area contributed by atoms with E-state index in [1.807, 2.05) is 0 Å². The molecule has 0 atom stereocenters. The predicted octanol–water partition coefficient (Wildman–Crippen LogP) is -1.36. The van der Waals surface area contributed by atoms with E-state index < -0.39 is 32.2 Å². The lowest BCUT2D eigenvalue weighted by atomic mass is 10.3. The van der Waals surface area contributed by atoms with Crippen molar-refractivity contribution < 1.29 is 13.2 Å². The summed E-state index contributed by atoms with van der Waals surface area (Å²) in [6.07, 6.45) is 0. The molecule has 8 nitrogen and oxygen atoms in total. The second-order valence-electron chi connectivity index (χ2n) is 4.94. The highest BCUT2D eigenvalue weighted by Crippen LogP contribution is 1.99. The minimum atomic E-state index is -3.26. The van der Waals surface area contributed by atoms with Crippen LogP contribution in [0.25, 0.3) is 0 Å². The minimum Gasteiger partial charge on any atom is -0.350 e. The van der Waals surface area contributed by atoms with Crippen LogP contribution in [0.15, 0.2) is 15.7 Å². The molecule has 1 rings (SSSR count). The highest BCUT2D eigenvalue weighted by atomic mass is 32.2. The fourth-order valence-corrected chi connectivity index (χ4v) is 2.44. The molecule has 0 saturated heterocycles. The first-order valence-corrected chi connectivity index (χ1v) is 8.06. The molecule has 0 aliphatic rings. The van der Waals surface area contributed by atoms with Gasteiger partial charge in [-0.2, -0.15) is 0 Å². The van der Waals surface area contributed by atoms with Gasteiger partial charge in [0.1, 0.15) is 5.69 Å². The average molecular weight is 317 g/mol. The van der Waals surface area contributed by atoms with Gasteiger partial charge in [0, 0.05) is 26.7 Å². The summed E-state index contributed by atoms with van der Waals surface area (Å²) in [4.78, 5) is 35.1. The van der Waals surface area contributed by atoms with Crippen molar-refractivity contribution in [2.75, 3.05) is 12.3 Å². The van der Waals surface area contributed by atoms with Crippen LogP contribution in [0.4, 0.5) is 0 Å². The molecule has 0 fully saturated rings. The van der Waals surface area contributed by atoms with Crippen LogP contribution in [-0.4, -0.2) is 41.0 Å². The highest BCUT2D eigenvalue weighted by Gasteiger charge is 2.17. The maximum absolute atomic E-state index is 11.9. The molecule has 1 amide bonds. The largest absolute Gasteiger partial charge is 0.350 e. The fourth-order valence-electron chi connectivity index (χ4n) is 1.58. The molecule has 118 valence electrons. The Balaban J connectivity index is 2.88. The number of sulfone groups is 1. The van der Waals surface area contributed by atoms with Crippen molar-refractivity contribution in [2.24, 2.45) is 14.1 Å². The first-order valence-electron chi connectivity index (χ1n) is 6.34. The zero-order chi connectivity index (χ0) is 16.4. The Bertz CT molecular complexity index is 758. The molecule has 21 heavy (non-hydrogen) atoms. The monoisotopic (exact) mass is 317 g/mol. The average Bonchev–Trinajstić information content (AvgIpc) is 2.39. The van der Waals surface area contributed by atoms with Crippen molar-refractivity contribution in [3.8, 4) is 0 Å². The van der Waals surface area contributed by atoms with Gasteiger partial charge in [-0.1, -0.05) is 0 Å². The van der Waals surface area contributed by atoms with Gasteiger partial charge < -0.3 is 5.32 Å². The van der Waals surface area contributed by atoms with E-state index in [1.54, 1.807) is 13.8 Å². The summed E-state index contributed by atoms with van der Waals surface area (Å²) in [7, 11) is -0.589. The van der Waals surface area contributed by atoms with Crippen LogP contribution in [0.2, 0.25) is 0 Å². The zero-order valence-corrected chi connectivity index (χ0v) is 13.2. The molecule has 0 aliphatic heterocycles. The van der Waals surface area contributed by atoms with E-state index in [9.17, 15) is 22.8 Å². The SMILES string of the molecule is CC(C)S(=O)(=O)CCNC(=O)c1cc(=O)n(C)c(=O)n1C. The molecule has 0 unspecified atom stereocenters. The van der Waals surface area contributed by atoms with Crippen LogP contribution < -0.4 is 16.6 Å². The van der Waals surface area contributed by atoms with Gasteiger partial charge in [0.2, 0.25) is 0 Å². The molecular formula is C12H19N3O5S. The summed E-state index contributed by atoms with van der Waals surface area (Å²) in [6, 6.07) is 1.04. The van der Waals surface area contributed by atoms with Crippen LogP contribution in [0.5, 0.6) is 0 Å². The quantitative estimate of drug-likeness (QED) is 0.721. The molecule has 1 aromatic rings. The lowest BCUT2D eigenvalue weighted by Gasteiger charge is -2.11. The Labute approximate surface area is 122 Å². The Hall–Kier alpha value is -1.90. The Morgan fingerprint density at radius 1 is 1.24 bits per heavy atom. The maximum atomic E-state index is 11.9. The normalized spacial score (nSPS) is 11.7. The first-order chi connectivity index (χ1) is 9.58. The van der Waals surface area contributed by atoms with Crippen molar-refractivity contribution in [1.29, 1.82) is 0 Å². The van der Waals surface area contributed by atoms with Crippen molar-refractivity contribution >= 4 is 15.7 Å². The Morgan fingerprint density at radius 3 is 2.33 bits per heavy atom. The summed E-state index contributed by atoms with van der Waals surface area (Å²) < 4.78 is 25.1. The second kappa shape index (κ2) is 6.25. The molecule has 0 spiro atoms. The van der Waals surface area contributed by atoms with Crippen molar-refractivity contribution in [3.05, 3.63) is 32.6 Å². The molecular weight excluding hydrogens is 298 g/mol. The lowest BCUT2D eigenvalue weighted by Crippen LogP contribution is -2.42. The van der Waals surface area contributed by atoms with Crippen LogP contribution in [0.3, 0.4) is 0 Å². The van der Waals surface area contributed by atoms with Crippen molar-refractivity contribution in [3.63, 3.8) is 0 Å². The van der Waals surface area contributed by atoms with E-state index in [2.05, 4.69) is 5.32 Å². The number of nitrogens with one attached hydrogen (secondary N) is 1.